The Morgan fingerprint density at radius 2 is 2.02 bits per heavy atom. The monoisotopic (exact) mass is 555 g/mol. The average Bonchev–Trinajstić information content (AvgIpc) is 3.54. The summed E-state index contributed by atoms with van der Waals surface area (Å²) in [6.07, 6.45) is 0.399. The maximum Gasteiger partial charge on any atom is 0.281 e. The number of ether oxygens (including phenoxy) is 2. The van der Waals surface area contributed by atoms with Gasteiger partial charge in [-0.1, -0.05) is 0 Å². The molecule has 1 saturated carbocycles. The van der Waals surface area contributed by atoms with E-state index in [1.54, 1.807) is 11.6 Å². The maximum absolute atomic E-state index is 13.8. The highest BCUT2D eigenvalue weighted by Crippen LogP contribution is 2.36. The van der Waals surface area contributed by atoms with Crippen molar-refractivity contribution in [2.24, 2.45) is 5.92 Å². The van der Waals surface area contributed by atoms with Crippen molar-refractivity contribution in [2.45, 2.75) is 44.6 Å². The highest BCUT2D eigenvalue weighted by Gasteiger charge is 2.43. The predicted molar refractivity (Wildman–Crippen MR) is 141 cm³/mol. The summed E-state index contributed by atoms with van der Waals surface area (Å²) in [5.74, 6) is -0.828. The van der Waals surface area contributed by atoms with E-state index in [9.17, 15) is 18.0 Å². The number of alkyl halides is 3. The Hall–Kier alpha value is -3.84. The van der Waals surface area contributed by atoms with Crippen LogP contribution < -0.4 is 10.2 Å². The molecule has 4 aromatic heterocycles. The maximum atomic E-state index is 13.8. The smallest absolute Gasteiger partial charge is 0.281 e. The Bertz CT molecular complexity index is 1590. The van der Waals surface area contributed by atoms with Crippen molar-refractivity contribution in [1.29, 1.82) is 0 Å². The third-order valence-corrected chi connectivity index (χ3v) is 7.60. The van der Waals surface area contributed by atoms with E-state index >= 15 is 0 Å². The molecule has 1 aliphatic carbocycles. The van der Waals surface area contributed by atoms with Crippen molar-refractivity contribution >= 4 is 33.8 Å². The number of methoxy groups -OCH3 is 1. The zero-order valence-electron chi connectivity index (χ0n) is 22.1. The predicted octanol–water partition coefficient (Wildman–Crippen LogP) is 4.20. The van der Waals surface area contributed by atoms with Crippen LogP contribution in [0.4, 0.5) is 24.7 Å². The van der Waals surface area contributed by atoms with Gasteiger partial charge >= 0.3 is 0 Å². The molecule has 4 aromatic rings. The highest BCUT2D eigenvalue weighted by molar-refractivity contribution is 6.00. The van der Waals surface area contributed by atoms with Crippen LogP contribution in [0.25, 0.3) is 27.8 Å². The van der Waals surface area contributed by atoms with Crippen LogP contribution in [0.2, 0.25) is 0 Å². The van der Waals surface area contributed by atoms with E-state index in [-0.39, 0.29) is 29.6 Å². The quantitative estimate of drug-likeness (QED) is 0.362. The van der Waals surface area contributed by atoms with Crippen molar-refractivity contribution in [3.8, 4) is 11.4 Å². The molecule has 0 radical (unpaired) electrons. The first kappa shape index (κ1) is 26.4. The van der Waals surface area contributed by atoms with Crippen LogP contribution in [0.3, 0.4) is 0 Å². The van der Waals surface area contributed by atoms with Crippen LogP contribution in [-0.2, 0) is 14.3 Å². The van der Waals surface area contributed by atoms with E-state index in [1.807, 2.05) is 32.2 Å². The van der Waals surface area contributed by atoms with Crippen LogP contribution in [-0.4, -0.2) is 75.2 Å². The zero-order chi connectivity index (χ0) is 28.2. The molecule has 0 bridgehead atoms. The summed E-state index contributed by atoms with van der Waals surface area (Å²) in [6, 6.07) is 5.24. The van der Waals surface area contributed by atoms with Gasteiger partial charge in [0.1, 0.15) is 23.8 Å². The lowest BCUT2D eigenvalue weighted by Crippen LogP contribution is -2.52. The third kappa shape index (κ3) is 4.83. The number of aromatic nitrogens is 5. The van der Waals surface area contributed by atoms with Crippen LogP contribution in [0.15, 0.2) is 36.8 Å². The van der Waals surface area contributed by atoms with Crippen LogP contribution in [0.5, 0.6) is 0 Å². The van der Waals surface area contributed by atoms with Crippen LogP contribution in [0, 0.1) is 5.92 Å². The lowest BCUT2D eigenvalue weighted by atomic mass is 9.99. The van der Waals surface area contributed by atoms with Gasteiger partial charge in [0, 0.05) is 48.9 Å². The Morgan fingerprint density at radius 3 is 2.75 bits per heavy atom. The minimum Gasteiger partial charge on any atom is -0.376 e. The summed E-state index contributed by atoms with van der Waals surface area (Å²) in [5, 5.41) is 7.65. The zero-order valence-corrected chi connectivity index (χ0v) is 22.1. The number of hydrogen-bond acceptors (Lipinski definition) is 8. The average molecular weight is 556 g/mol. The largest absolute Gasteiger partial charge is 0.376 e. The fraction of sp³-hybridized carbons (Fsp3) is 0.444. The number of nitrogens with one attached hydrogen (secondary N) is 1. The standard InChI is InChI=1S/C27H28F3N7O3/c1-27(2,39-3)20-13-36(6-7-40-20)14-4-5-22-34-25(35-37(22)12-14)18-11-32-23(24(29)30)17-10-31-21(9-15(17)18)33-26(38)16-8-19(16)28/h4-5,9-12,16,19-20,24H,6-8,13H2,1-3H3,(H,31,33,38)/t16-,19+,20+/m1/s1. The Balaban J connectivity index is 1.35. The lowest BCUT2D eigenvalue weighted by Gasteiger charge is -2.41. The number of carbonyl (C=O) groups is 1. The molecule has 210 valence electrons. The second-order valence-corrected chi connectivity index (χ2v) is 10.6. The first-order chi connectivity index (χ1) is 19.1. The summed E-state index contributed by atoms with van der Waals surface area (Å²) in [4.78, 5) is 27.1. The molecule has 1 amide bonds. The van der Waals surface area contributed by atoms with Gasteiger partial charge in [-0.3, -0.25) is 9.78 Å². The normalized spacial score (nSPS) is 21.4. The molecular weight excluding hydrogens is 527 g/mol. The molecule has 40 heavy (non-hydrogen) atoms. The van der Waals surface area contributed by atoms with Gasteiger partial charge in [0.25, 0.3) is 6.43 Å². The first-order valence-corrected chi connectivity index (χ1v) is 12.9. The molecule has 1 aliphatic heterocycles. The molecular formula is C27H28F3N7O3. The summed E-state index contributed by atoms with van der Waals surface area (Å²) >= 11 is 0. The molecule has 1 saturated heterocycles. The molecule has 0 aromatic carbocycles. The van der Waals surface area contributed by atoms with Crippen LogP contribution in [0.1, 0.15) is 32.4 Å². The second kappa shape index (κ2) is 9.97. The van der Waals surface area contributed by atoms with Gasteiger partial charge in [-0.15, -0.1) is 5.10 Å². The van der Waals surface area contributed by atoms with Gasteiger partial charge in [0.2, 0.25) is 5.91 Å². The molecule has 10 nitrogen and oxygen atoms in total. The number of carbonyl (C=O) groups excluding carboxylic acids is 1. The van der Waals surface area contributed by atoms with E-state index in [0.29, 0.717) is 36.3 Å². The van der Waals surface area contributed by atoms with E-state index in [1.165, 1.54) is 18.5 Å². The molecule has 0 spiro atoms. The molecule has 0 unspecified atom stereocenters. The number of amides is 1. The number of pyridine rings is 3. The second-order valence-electron chi connectivity index (χ2n) is 10.6. The summed E-state index contributed by atoms with van der Waals surface area (Å²) < 4.78 is 54.0. The molecule has 2 fully saturated rings. The summed E-state index contributed by atoms with van der Waals surface area (Å²) in [6.45, 7) is 5.84. The SMILES string of the molecule is COC(C)(C)[C@@H]1CN(c2ccc3nc(-c4cnc(C(F)F)c5cnc(NC(=O)[C@@H]6C[C@@H]6F)cc45)nn3c2)CCO1. The third-order valence-electron chi connectivity index (χ3n) is 7.60. The van der Waals surface area contributed by atoms with Crippen molar-refractivity contribution < 1.29 is 27.4 Å². The Labute approximate surface area is 227 Å². The minimum absolute atomic E-state index is 0.111. The van der Waals surface area contributed by atoms with Crippen molar-refractivity contribution in [3.05, 3.63) is 42.5 Å². The molecule has 1 N–H and O–H groups in total. The number of halogens is 3. The summed E-state index contributed by atoms with van der Waals surface area (Å²) in [5.41, 5.74) is 0.964. The molecule has 2 aliphatic rings. The Morgan fingerprint density at radius 1 is 1.23 bits per heavy atom. The fourth-order valence-corrected chi connectivity index (χ4v) is 4.84. The van der Waals surface area contributed by atoms with E-state index in [2.05, 4.69) is 30.3 Å². The molecule has 6 rings (SSSR count). The highest BCUT2D eigenvalue weighted by atomic mass is 19.3. The number of rotatable bonds is 7. The topological polar surface area (TPSA) is 107 Å². The minimum atomic E-state index is -2.84. The summed E-state index contributed by atoms with van der Waals surface area (Å²) in [7, 11) is 1.66. The molecule has 5 heterocycles. The number of hydrogen-bond donors (Lipinski definition) is 1. The van der Waals surface area contributed by atoms with Gasteiger partial charge in [-0.05, 0) is 38.5 Å². The number of morpholine rings is 1. The van der Waals surface area contributed by atoms with Crippen molar-refractivity contribution in [1.82, 2.24) is 24.6 Å². The van der Waals surface area contributed by atoms with E-state index < -0.39 is 35.7 Å². The van der Waals surface area contributed by atoms with Crippen molar-refractivity contribution in [3.63, 3.8) is 0 Å². The van der Waals surface area contributed by atoms with Gasteiger partial charge in [0.05, 0.1) is 30.0 Å². The van der Waals surface area contributed by atoms with Gasteiger partial charge in [0.15, 0.2) is 11.5 Å². The van der Waals surface area contributed by atoms with Crippen LogP contribution >= 0.6 is 0 Å². The van der Waals surface area contributed by atoms with E-state index in [4.69, 9.17) is 9.47 Å². The first-order valence-electron chi connectivity index (χ1n) is 12.9. The molecule has 3 atom stereocenters. The number of fused-ring (bicyclic) bond motifs is 2. The Kier molecular flexibility index (Phi) is 6.57. The van der Waals surface area contributed by atoms with Gasteiger partial charge < -0.3 is 19.7 Å². The fourth-order valence-electron chi connectivity index (χ4n) is 4.84. The van der Waals surface area contributed by atoms with Gasteiger partial charge in [-0.2, -0.15) is 0 Å². The lowest BCUT2D eigenvalue weighted by molar-refractivity contribution is -0.117. The van der Waals surface area contributed by atoms with Gasteiger partial charge in [-0.25, -0.2) is 27.7 Å². The molecule has 13 heteroatoms. The number of nitrogens with zero attached hydrogens (tertiary/aromatic N) is 6. The van der Waals surface area contributed by atoms with E-state index in [0.717, 1.165) is 5.69 Å². The van der Waals surface area contributed by atoms with Crippen molar-refractivity contribution in [2.75, 3.05) is 37.0 Å². The number of anilines is 2.